The number of alkyl halides is 6. The number of hydrogen-bond donors (Lipinski definition) is 0. The van der Waals surface area contributed by atoms with Crippen LogP contribution in [0.25, 0.3) is 0 Å². The Morgan fingerprint density at radius 3 is 1.00 bits per heavy atom. The van der Waals surface area contributed by atoms with Gasteiger partial charge < -0.3 is 4.90 Å². The van der Waals surface area contributed by atoms with Crippen LogP contribution < -0.4 is 0 Å². The van der Waals surface area contributed by atoms with Crippen LogP contribution in [0, 0.1) is 0 Å². The zero-order valence-electron chi connectivity index (χ0n) is 9.57. The molecule has 0 aromatic carbocycles. The summed E-state index contributed by atoms with van der Waals surface area (Å²) in [4.78, 5) is 2.00. The maximum Gasteiger partial charge on any atom is 0.524 e. The van der Waals surface area contributed by atoms with Crippen LogP contribution in [0.3, 0.4) is 0 Å². The number of rotatable bonds is 2. The van der Waals surface area contributed by atoms with Gasteiger partial charge >= 0.3 is 31.3 Å². The molecule has 0 heterocycles. The molecule has 0 aliphatic carbocycles. The average molecular weight is 341 g/mol. The molecule has 0 spiro atoms. The molecule has 0 radical (unpaired) electrons. The van der Waals surface area contributed by atoms with Crippen LogP contribution in [0.4, 0.5) is 26.3 Å². The van der Waals surface area contributed by atoms with Gasteiger partial charge in [0.15, 0.2) is 0 Å². The summed E-state index contributed by atoms with van der Waals surface area (Å²) >= 11 is 0. The van der Waals surface area contributed by atoms with Crippen LogP contribution in [0.15, 0.2) is 0 Å². The third-order valence-electron chi connectivity index (χ3n) is 0.746. The summed E-state index contributed by atoms with van der Waals surface area (Å²) in [6.07, 6.45) is 0. The summed E-state index contributed by atoms with van der Waals surface area (Å²) in [7, 11) is -7.69. The van der Waals surface area contributed by atoms with Crippen LogP contribution in [0.1, 0.15) is 0 Å². The van der Waals surface area contributed by atoms with E-state index in [1.54, 1.807) is 0 Å². The second kappa shape index (κ2) is 6.23. The van der Waals surface area contributed by atoms with Crippen LogP contribution in [-0.2, 0) is 23.9 Å². The summed E-state index contributed by atoms with van der Waals surface area (Å²) in [5.74, 6) is 0. The first-order valence-electron chi connectivity index (χ1n) is 3.88. The van der Waals surface area contributed by atoms with Crippen molar-refractivity contribution in [1.82, 2.24) is 4.90 Å². The molecule has 6 nitrogen and oxygen atoms in total. The summed E-state index contributed by atoms with van der Waals surface area (Å²) in [5, 5.41) is 0. The maximum atomic E-state index is 11.4. The third-order valence-corrected chi connectivity index (χ3v) is 3.31. The average Bonchev–Trinajstić information content (AvgIpc) is 1.94. The fourth-order valence-corrected chi connectivity index (χ4v) is 1.76. The van der Waals surface area contributed by atoms with Gasteiger partial charge in [-0.2, -0.15) is 43.2 Å². The monoisotopic (exact) mass is 341 g/mol. The molecule has 0 bridgehead atoms. The van der Waals surface area contributed by atoms with Gasteiger partial charge in [-0.05, 0) is 21.1 Å². The molecule has 0 atom stereocenters. The van der Waals surface area contributed by atoms with E-state index in [0.29, 0.717) is 0 Å². The van der Waals surface area contributed by atoms with E-state index in [1.165, 1.54) is 0 Å². The lowest BCUT2D eigenvalue weighted by Gasteiger charge is -2.09. The van der Waals surface area contributed by atoms with Crippen LogP contribution in [-0.4, -0.2) is 53.9 Å². The van der Waals surface area contributed by atoms with Gasteiger partial charge in [-0.1, -0.05) is 0 Å². The lowest BCUT2D eigenvalue weighted by atomic mass is 11.0. The molecule has 0 aliphatic heterocycles. The second-order valence-corrected chi connectivity index (χ2v) is 6.50. The number of nitrogens with zero attached hydrogens (tertiary/aromatic N) is 1. The van der Waals surface area contributed by atoms with Crippen LogP contribution >= 0.6 is 0 Å². The van der Waals surface area contributed by atoms with Gasteiger partial charge in [0.05, 0.1) is 0 Å². The minimum atomic E-state index is -6.85. The largest absolute Gasteiger partial charge is 0.524 e. The Bertz CT molecular complexity index is 430. The van der Waals surface area contributed by atoms with Crippen molar-refractivity contribution in [2.75, 3.05) is 21.1 Å². The number of halogens is 6. The first-order valence-corrected chi connectivity index (χ1v) is 6.70. The highest BCUT2D eigenvalue weighted by Crippen LogP contribution is 2.31. The lowest BCUT2D eigenvalue weighted by Crippen LogP contribution is -2.34. The molecule has 0 N–H and O–H groups in total. The Balaban J connectivity index is 0. The van der Waals surface area contributed by atoms with Crippen molar-refractivity contribution in [3.05, 3.63) is 0 Å². The van der Waals surface area contributed by atoms with Crippen molar-refractivity contribution in [2.24, 2.45) is 0 Å². The minimum absolute atomic E-state index is 2.00. The fraction of sp³-hybridized carbons (Fsp3) is 1.00. The summed E-state index contributed by atoms with van der Waals surface area (Å²) < 4.78 is 110. The fourth-order valence-electron chi connectivity index (χ4n) is 0.195. The topological polar surface area (TPSA) is 80.8 Å². The summed E-state index contributed by atoms with van der Waals surface area (Å²) in [6.45, 7) is 0. The van der Waals surface area contributed by atoms with Gasteiger partial charge in [0.25, 0.3) is 0 Å². The maximum absolute atomic E-state index is 11.4. The smallest absolute Gasteiger partial charge is 0.312 e. The molecule has 118 valence electrons. The Hall–Kier alpha value is -0.600. The molecule has 0 unspecified atom stereocenters. The van der Waals surface area contributed by atoms with Crippen LogP contribution in [0.2, 0.25) is 0 Å². The third kappa shape index (κ3) is 7.54. The zero-order valence-corrected chi connectivity index (χ0v) is 11.2. The molecular formula is C5H9F6NO5S2. The molecule has 0 saturated heterocycles. The zero-order chi connectivity index (χ0) is 16.3. The Kier molecular flexibility index (Phi) is 6.80. The predicted molar refractivity (Wildman–Crippen MR) is 50.6 cm³/mol. The second-order valence-electron chi connectivity index (χ2n) is 3.21. The Labute approximate surface area is 105 Å². The highest BCUT2D eigenvalue weighted by molar-refractivity contribution is 8.00. The van der Waals surface area contributed by atoms with E-state index in [1.807, 2.05) is 29.7 Å². The Morgan fingerprint density at radius 2 is 0.895 bits per heavy atom. The summed E-state index contributed by atoms with van der Waals surface area (Å²) in [5.41, 5.74) is -12.5. The summed E-state index contributed by atoms with van der Waals surface area (Å²) in [6, 6.07) is 0. The molecule has 0 amide bonds. The van der Waals surface area contributed by atoms with Crippen molar-refractivity contribution < 1.29 is 46.8 Å². The van der Waals surface area contributed by atoms with Crippen LogP contribution in [0.5, 0.6) is 0 Å². The normalized spacial score (nSPS) is 14.0. The lowest BCUT2D eigenvalue weighted by molar-refractivity contribution is -0.0585. The molecule has 0 saturated carbocycles. The molecule has 19 heavy (non-hydrogen) atoms. The molecule has 0 fully saturated rings. The van der Waals surface area contributed by atoms with Crippen molar-refractivity contribution >= 4 is 20.2 Å². The van der Waals surface area contributed by atoms with Gasteiger partial charge in [0.2, 0.25) is 0 Å². The first kappa shape index (κ1) is 20.7. The number of hydrogen-bond acceptors (Lipinski definition) is 6. The SMILES string of the molecule is CN(C)C.O=S(=O)(OS(=O)(=O)C(F)(F)F)C(F)(F)F. The van der Waals surface area contributed by atoms with E-state index >= 15 is 0 Å². The highest BCUT2D eigenvalue weighted by atomic mass is 32.3. The molecular weight excluding hydrogens is 332 g/mol. The Morgan fingerprint density at radius 1 is 0.737 bits per heavy atom. The molecule has 0 aliphatic rings. The van der Waals surface area contributed by atoms with Gasteiger partial charge in [0, 0.05) is 0 Å². The quantitative estimate of drug-likeness (QED) is 0.548. The van der Waals surface area contributed by atoms with Gasteiger partial charge in [0.1, 0.15) is 0 Å². The van der Waals surface area contributed by atoms with E-state index in [9.17, 15) is 43.2 Å². The molecule has 0 aromatic rings. The molecule has 0 rings (SSSR count). The predicted octanol–water partition coefficient (Wildman–Crippen LogP) is 0.880. The van der Waals surface area contributed by atoms with Gasteiger partial charge in [-0.25, -0.2) is 0 Å². The standard InChI is InChI=1S/C3H9N.C2F6O5S2/c1-4(2)3;3-1(4,5)14(9,10)13-15(11,12)2(6,7)8/h1-3H3;. The van der Waals surface area contributed by atoms with E-state index < -0.39 is 31.3 Å². The van der Waals surface area contributed by atoms with Crippen molar-refractivity contribution in [3.8, 4) is 0 Å². The van der Waals surface area contributed by atoms with E-state index in [0.717, 1.165) is 0 Å². The van der Waals surface area contributed by atoms with E-state index in [2.05, 4.69) is 0 Å². The molecule has 14 heteroatoms. The van der Waals surface area contributed by atoms with E-state index in [4.69, 9.17) is 0 Å². The van der Waals surface area contributed by atoms with Gasteiger partial charge in [-0.3, -0.25) is 0 Å². The van der Waals surface area contributed by atoms with E-state index in [-0.39, 0.29) is 0 Å². The van der Waals surface area contributed by atoms with Crippen molar-refractivity contribution in [3.63, 3.8) is 0 Å². The molecule has 0 aromatic heterocycles. The minimum Gasteiger partial charge on any atom is -0.312 e. The van der Waals surface area contributed by atoms with Crippen molar-refractivity contribution in [1.29, 1.82) is 0 Å². The highest BCUT2D eigenvalue weighted by Gasteiger charge is 2.57. The van der Waals surface area contributed by atoms with Crippen molar-refractivity contribution in [2.45, 2.75) is 11.0 Å². The van der Waals surface area contributed by atoms with Gasteiger partial charge in [-0.15, -0.1) is 3.63 Å². The first-order chi connectivity index (χ1) is 7.94.